The minimum absolute atomic E-state index is 0. The van der Waals surface area contributed by atoms with E-state index in [0.717, 1.165) is 0 Å². The molecule has 8 heavy (non-hydrogen) atoms. The monoisotopic (exact) mass is 206 g/mol. The predicted octanol–water partition coefficient (Wildman–Crippen LogP) is -1.67. The van der Waals surface area contributed by atoms with Gasteiger partial charge in [-0.15, -0.1) is 0 Å². The molecule has 0 radical (unpaired) electrons. The van der Waals surface area contributed by atoms with Crippen LogP contribution in [-0.2, 0) is 30.7 Å². The van der Waals surface area contributed by atoms with Crippen molar-refractivity contribution < 1.29 is 46.3 Å². The maximum absolute atomic E-state index is 9.10. The van der Waals surface area contributed by atoms with E-state index in [2.05, 4.69) is 0 Å². The summed E-state index contributed by atoms with van der Waals surface area (Å²) >= 11 is 0. The molecule has 0 saturated heterocycles. The van der Waals surface area contributed by atoms with Crippen molar-refractivity contribution in [1.29, 1.82) is 0 Å². The van der Waals surface area contributed by atoms with Gasteiger partial charge in [0.2, 0.25) is 0 Å². The zero-order valence-corrected chi connectivity index (χ0v) is 5.63. The molecule has 0 aliphatic heterocycles. The maximum Gasteiger partial charge on any atom is 0.414 e. The minimum atomic E-state index is -1.82. The van der Waals surface area contributed by atoms with Crippen molar-refractivity contribution in [1.82, 2.24) is 0 Å². The van der Waals surface area contributed by atoms with Gasteiger partial charge in [0, 0.05) is 21.1 Å². The Balaban J connectivity index is -0.000000125. The summed E-state index contributed by atoms with van der Waals surface area (Å²) < 4.78 is 0. The molecule has 0 aliphatic rings. The molecule has 0 fully saturated rings. The summed E-state index contributed by atoms with van der Waals surface area (Å²) in [6, 6.07) is 0. The van der Waals surface area contributed by atoms with Crippen molar-refractivity contribution in [2.45, 2.75) is 0 Å². The van der Waals surface area contributed by atoms with Crippen molar-refractivity contribution in [3.63, 3.8) is 0 Å². The minimum Gasteiger partial charge on any atom is -0.473 e. The van der Waals surface area contributed by atoms with Gasteiger partial charge in [-0.05, 0) is 0 Å². The van der Waals surface area contributed by atoms with Crippen LogP contribution in [0.3, 0.4) is 0 Å². The van der Waals surface area contributed by atoms with Gasteiger partial charge in [-0.2, -0.15) is 0 Å². The Labute approximate surface area is 58.9 Å². The Bertz CT molecular complexity index is 76.4. The molecular formula is C2H4MoO5. The van der Waals surface area contributed by atoms with Crippen LogP contribution < -0.4 is 0 Å². The van der Waals surface area contributed by atoms with Crippen LogP contribution in [0, 0.1) is 0 Å². The molecule has 6 heteroatoms. The Morgan fingerprint density at radius 1 is 1.00 bits per heavy atom. The molecule has 0 spiro atoms. The first-order valence-corrected chi connectivity index (χ1v) is 1.11. The van der Waals surface area contributed by atoms with Crippen LogP contribution in [0.15, 0.2) is 0 Å². The second kappa shape index (κ2) is 6.59. The van der Waals surface area contributed by atoms with E-state index in [1.54, 1.807) is 0 Å². The standard InChI is InChI=1S/C2H2O4.Mo.H2O/c3-1(4)2(5)6;;/h(H,3,4)(H,5,6);;1H2. The van der Waals surface area contributed by atoms with Gasteiger partial charge in [0.1, 0.15) is 0 Å². The van der Waals surface area contributed by atoms with Gasteiger partial charge in [0.25, 0.3) is 0 Å². The largest absolute Gasteiger partial charge is 0.473 e. The van der Waals surface area contributed by atoms with E-state index in [0.29, 0.717) is 0 Å². The Kier molecular flexibility index (Phi) is 12.9. The molecule has 0 unspecified atom stereocenters. The average molecular weight is 204 g/mol. The van der Waals surface area contributed by atoms with Crippen molar-refractivity contribution in [2.24, 2.45) is 0 Å². The van der Waals surface area contributed by atoms with Crippen LogP contribution in [0.4, 0.5) is 0 Å². The fraction of sp³-hybridized carbons (Fsp3) is 0. The van der Waals surface area contributed by atoms with Gasteiger partial charge in [-0.3, -0.25) is 0 Å². The first-order chi connectivity index (χ1) is 2.64. The zero-order valence-electron chi connectivity index (χ0n) is 3.62. The maximum atomic E-state index is 9.10. The van der Waals surface area contributed by atoms with Crippen molar-refractivity contribution in [3.8, 4) is 0 Å². The number of rotatable bonds is 0. The fourth-order valence-corrected chi connectivity index (χ4v) is 0. The SMILES string of the molecule is O.O=C(O)C(=O)O.[Mo]. The number of carboxylic acids is 2. The van der Waals surface area contributed by atoms with Gasteiger partial charge < -0.3 is 15.7 Å². The third kappa shape index (κ3) is 9.14. The summed E-state index contributed by atoms with van der Waals surface area (Å²) in [7, 11) is 0. The quantitative estimate of drug-likeness (QED) is 0.363. The second-order valence-electron chi connectivity index (χ2n) is 0.610. The second-order valence-corrected chi connectivity index (χ2v) is 0.610. The van der Waals surface area contributed by atoms with E-state index in [1.807, 2.05) is 0 Å². The normalized spacial score (nSPS) is 5.50. The third-order valence-corrected chi connectivity index (χ3v) is 0.183. The fourth-order valence-electron chi connectivity index (χ4n) is 0. The van der Waals surface area contributed by atoms with Crippen LogP contribution >= 0.6 is 0 Å². The summed E-state index contributed by atoms with van der Waals surface area (Å²) in [5.74, 6) is -3.65. The van der Waals surface area contributed by atoms with E-state index in [-0.39, 0.29) is 26.5 Å². The molecule has 4 N–H and O–H groups in total. The first kappa shape index (κ1) is 15.6. The molecule has 0 rings (SSSR count). The van der Waals surface area contributed by atoms with Gasteiger partial charge in [-0.25, -0.2) is 9.59 Å². The van der Waals surface area contributed by atoms with Crippen molar-refractivity contribution in [3.05, 3.63) is 0 Å². The summed E-state index contributed by atoms with van der Waals surface area (Å²) in [6.07, 6.45) is 0. The summed E-state index contributed by atoms with van der Waals surface area (Å²) in [6.45, 7) is 0. The third-order valence-electron chi connectivity index (χ3n) is 0.183. The first-order valence-electron chi connectivity index (χ1n) is 1.11. The number of carboxylic acid groups (broad SMARTS) is 2. The van der Waals surface area contributed by atoms with Crippen molar-refractivity contribution in [2.75, 3.05) is 0 Å². The molecule has 0 atom stereocenters. The van der Waals surface area contributed by atoms with E-state index in [4.69, 9.17) is 19.8 Å². The van der Waals surface area contributed by atoms with Gasteiger partial charge in [0.15, 0.2) is 0 Å². The molecule has 0 aromatic heterocycles. The van der Waals surface area contributed by atoms with Gasteiger partial charge in [-0.1, -0.05) is 0 Å². The molecule has 48 valence electrons. The summed E-state index contributed by atoms with van der Waals surface area (Å²) in [4.78, 5) is 18.2. The van der Waals surface area contributed by atoms with Gasteiger partial charge >= 0.3 is 11.9 Å². The number of carbonyl (C=O) groups is 2. The zero-order chi connectivity index (χ0) is 5.15. The Hall–Kier alpha value is -0.412. The topological polar surface area (TPSA) is 106 Å². The number of hydrogen-bond acceptors (Lipinski definition) is 2. The van der Waals surface area contributed by atoms with Crippen LogP contribution in [0.1, 0.15) is 0 Å². The van der Waals surface area contributed by atoms with Gasteiger partial charge in [0.05, 0.1) is 0 Å². The molecule has 0 heterocycles. The van der Waals surface area contributed by atoms with E-state index >= 15 is 0 Å². The molecule has 0 amide bonds. The smallest absolute Gasteiger partial charge is 0.414 e. The molecule has 0 aromatic carbocycles. The number of hydrogen-bond donors (Lipinski definition) is 2. The summed E-state index contributed by atoms with van der Waals surface area (Å²) in [5.41, 5.74) is 0. The predicted molar refractivity (Wildman–Crippen MR) is 18.9 cm³/mol. The molecule has 0 saturated carbocycles. The molecule has 0 aromatic rings. The van der Waals surface area contributed by atoms with Crippen LogP contribution in [-0.4, -0.2) is 27.6 Å². The molecule has 0 bridgehead atoms. The molecular weight excluding hydrogens is 200 g/mol. The van der Waals surface area contributed by atoms with Crippen LogP contribution in [0.25, 0.3) is 0 Å². The van der Waals surface area contributed by atoms with E-state index in [1.165, 1.54) is 0 Å². The summed E-state index contributed by atoms with van der Waals surface area (Å²) in [5, 5.41) is 14.8. The van der Waals surface area contributed by atoms with E-state index in [9.17, 15) is 0 Å². The molecule has 5 nitrogen and oxygen atoms in total. The van der Waals surface area contributed by atoms with Crippen LogP contribution in [0.5, 0.6) is 0 Å². The van der Waals surface area contributed by atoms with Crippen LogP contribution in [0.2, 0.25) is 0 Å². The Morgan fingerprint density at radius 3 is 1.12 bits per heavy atom. The Morgan fingerprint density at radius 2 is 1.12 bits per heavy atom. The average Bonchev–Trinajstić information content (AvgIpc) is 1.36. The van der Waals surface area contributed by atoms with Crippen molar-refractivity contribution >= 4 is 11.9 Å². The molecule has 0 aliphatic carbocycles. The van der Waals surface area contributed by atoms with E-state index < -0.39 is 11.9 Å². The number of aliphatic carboxylic acids is 2.